The number of hydrogen-bond donors (Lipinski definition) is 0. The van der Waals surface area contributed by atoms with Crippen molar-refractivity contribution >= 4 is 5.91 Å². The first-order chi connectivity index (χ1) is 15.6. The molecule has 188 valence electrons. The Morgan fingerprint density at radius 3 is 2.39 bits per heavy atom. The zero-order chi connectivity index (χ0) is 23.5. The lowest BCUT2D eigenvalue weighted by atomic mass is 9.45. The Kier molecular flexibility index (Phi) is 6.45. The summed E-state index contributed by atoms with van der Waals surface area (Å²) >= 11 is 0. The first-order valence-electron chi connectivity index (χ1n) is 14.6. The first-order valence-corrected chi connectivity index (χ1v) is 14.6. The van der Waals surface area contributed by atoms with Crippen LogP contribution in [0.3, 0.4) is 0 Å². The van der Waals surface area contributed by atoms with Gasteiger partial charge < -0.3 is 9.64 Å². The molecule has 5 aliphatic rings. The van der Waals surface area contributed by atoms with Gasteiger partial charge in [-0.3, -0.25) is 4.79 Å². The van der Waals surface area contributed by atoms with Gasteiger partial charge in [-0.2, -0.15) is 0 Å². The number of carbonyl (C=O) groups is 1. The molecule has 0 aromatic carbocycles. The van der Waals surface area contributed by atoms with Crippen molar-refractivity contribution in [1.82, 2.24) is 4.90 Å². The zero-order valence-corrected chi connectivity index (χ0v) is 22.4. The molecule has 0 aromatic heterocycles. The Labute approximate surface area is 203 Å². The number of ether oxygens (including phenoxy) is 1. The monoisotopic (exact) mass is 457 g/mol. The maximum atomic E-state index is 12.7. The van der Waals surface area contributed by atoms with Gasteiger partial charge in [-0.25, -0.2) is 0 Å². The van der Waals surface area contributed by atoms with E-state index in [2.05, 4.69) is 46.6 Å². The van der Waals surface area contributed by atoms with E-state index in [1.807, 2.05) is 0 Å². The Bertz CT molecular complexity index is 731. The largest absolute Gasteiger partial charge is 0.375 e. The van der Waals surface area contributed by atoms with Gasteiger partial charge in [0.25, 0.3) is 0 Å². The van der Waals surface area contributed by atoms with E-state index in [0.29, 0.717) is 35.5 Å². The van der Waals surface area contributed by atoms with Gasteiger partial charge in [0, 0.05) is 19.5 Å². The highest BCUT2D eigenvalue weighted by Gasteiger charge is 2.64. The van der Waals surface area contributed by atoms with Crippen molar-refractivity contribution in [2.75, 3.05) is 7.05 Å². The topological polar surface area (TPSA) is 29.5 Å². The Balaban J connectivity index is 1.39. The minimum Gasteiger partial charge on any atom is -0.375 e. The van der Waals surface area contributed by atoms with Gasteiger partial charge in [0.05, 0.1) is 12.2 Å². The average Bonchev–Trinajstić information content (AvgIpc) is 3.50. The standard InChI is InChI=1S/C30H51NO2/c1-19(2)8-7-9-20(3)22-12-13-23-28-24(14-16-29(22,23)4)30(5)17-15-27(32)31(6)26(30)18-25(28)33-21-10-11-21/h19-26,28H,7-18H2,1-6H3/t20-,22-,23+,24+,25-,26-,28+,29-,30-/m1/s1. The number of nitrogens with zero attached hydrogens (tertiary/aromatic N) is 1. The predicted molar refractivity (Wildman–Crippen MR) is 135 cm³/mol. The molecule has 1 saturated heterocycles. The molecule has 5 fully saturated rings. The molecule has 4 aliphatic carbocycles. The highest BCUT2D eigenvalue weighted by atomic mass is 16.5. The van der Waals surface area contributed by atoms with Crippen molar-refractivity contribution < 1.29 is 9.53 Å². The smallest absolute Gasteiger partial charge is 0.222 e. The number of carbonyl (C=O) groups excluding carboxylic acids is 1. The second kappa shape index (κ2) is 8.82. The minimum atomic E-state index is 0.277. The molecule has 1 heterocycles. The van der Waals surface area contributed by atoms with Crippen LogP contribution in [-0.4, -0.2) is 36.1 Å². The minimum absolute atomic E-state index is 0.277. The number of hydrogen-bond acceptors (Lipinski definition) is 2. The Morgan fingerprint density at radius 2 is 1.70 bits per heavy atom. The highest BCUT2D eigenvalue weighted by Crippen LogP contribution is 2.67. The fraction of sp³-hybridized carbons (Fsp3) is 0.967. The number of likely N-dealkylation sites (tertiary alicyclic amines) is 1. The normalized spacial score (nSPS) is 46.2. The van der Waals surface area contributed by atoms with E-state index in [-0.39, 0.29) is 5.41 Å². The summed E-state index contributed by atoms with van der Waals surface area (Å²) < 4.78 is 6.85. The van der Waals surface area contributed by atoms with Crippen LogP contribution in [0.2, 0.25) is 0 Å². The third-order valence-electron chi connectivity index (χ3n) is 11.7. The van der Waals surface area contributed by atoms with Crippen LogP contribution in [-0.2, 0) is 9.53 Å². The summed E-state index contributed by atoms with van der Waals surface area (Å²) in [5.41, 5.74) is 0.766. The van der Waals surface area contributed by atoms with Gasteiger partial charge in [0.15, 0.2) is 0 Å². The van der Waals surface area contributed by atoms with Crippen molar-refractivity contribution in [3.8, 4) is 0 Å². The van der Waals surface area contributed by atoms with Gasteiger partial charge in [-0.1, -0.05) is 53.9 Å². The van der Waals surface area contributed by atoms with Gasteiger partial charge in [0.2, 0.25) is 5.91 Å². The lowest BCUT2D eigenvalue weighted by molar-refractivity contribution is -0.193. The van der Waals surface area contributed by atoms with Crippen LogP contribution in [0.5, 0.6) is 0 Å². The molecular weight excluding hydrogens is 406 g/mol. The van der Waals surface area contributed by atoms with Crippen LogP contribution in [0.15, 0.2) is 0 Å². The summed E-state index contributed by atoms with van der Waals surface area (Å²) in [7, 11) is 2.08. The zero-order valence-electron chi connectivity index (χ0n) is 22.4. The van der Waals surface area contributed by atoms with Gasteiger partial charge >= 0.3 is 0 Å². The fourth-order valence-corrected chi connectivity index (χ4v) is 9.68. The molecule has 4 saturated carbocycles. The molecule has 3 nitrogen and oxygen atoms in total. The average molecular weight is 458 g/mol. The molecule has 0 spiro atoms. The highest BCUT2D eigenvalue weighted by molar-refractivity contribution is 5.77. The van der Waals surface area contributed by atoms with Gasteiger partial charge in [0.1, 0.15) is 0 Å². The van der Waals surface area contributed by atoms with Crippen LogP contribution in [0, 0.1) is 46.3 Å². The molecule has 1 aliphatic heterocycles. The Hall–Kier alpha value is -0.570. The molecule has 3 heteroatoms. The Morgan fingerprint density at radius 1 is 0.970 bits per heavy atom. The van der Waals surface area contributed by atoms with Crippen LogP contribution in [0.1, 0.15) is 112 Å². The van der Waals surface area contributed by atoms with E-state index < -0.39 is 0 Å². The van der Waals surface area contributed by atoms with Crippen molar-refractivity contribution in [1.29, 1.82) is 0 Å². The molecule has 1 amide bonds. The number of amides is 1. The van der Waals surface area contributed by atoms with Crippen molar-refractivity contribution in [2.45, 2.75) is 130 Å². The molecule has 0 bridgehead atoms. The quantitative estimate of drug-likeness (QED) is 0.408. The van der Waals surface area contributed by atoms with E-state index >= 15 is 0 Å². The molecule has 5 rings (SSSR count). The van der Waals surface area contributed by atoms with E-state index in [1.54, 1.807) is 0 Å². The third kappa shape index (κ3) is 4.11. The summed E-state index contributed by atoms with van der Waals surface area (Å²) in [5.74, 6) is 5.18. The van der Waals surface area contributed by atoms with Crippen LogP contribution < -0.4 is 0 Å². The molecular formula is C30H51NO2. The lowest BCUT2D eigenvalue weighted by Crippen LogP contribution is -2.65. The molecule has 0 aromatic rings. The molecule has 0 N–H and O–H groups in total. The maximum Gasteiger partial charge on any atom is 0.222 e. The van der Waals surface area contributed by atoms with E-state index in [1.165, 1.54) is 57.8 Å². The first kappa shape index (κ1) is 24.1. The summed E-state index contributed by atoms with van der Waals surface area (Å²) in [6.07, 6.45) is 16.1. The van der Waals surface area contributed by atoms with Crippen molar-refractivity contribution in [2.24, 2.45) is 46.3 Å². The third-order valence-corrected chi connectivity index (χ3v) is 11.7. The summed E-state index contributed by atoms with van der Waals surface area (Å²) in [6, 6.07) is 0.375. The second-order valence-electron chi connectivity index (χ2n) is 14.0. The number of fused-ring (bicyclic) bond motifs is 5. The van der Waals surface area contributed by atoms with E-state index in [4.69, 9.17) is 4.74 Å². The molecule has 0 radical (unpaired) electrons. The lowest BCUT2D eigenvalue weighted by Gasteiger charge is -2.64. The van der Waals surface area contributed by atoms with E-state index in [0.717, 1.165) is 48.9 Å². The van der Waals surface area contributed by atoms with E-state index in [9.17, 15) is 4.79 Å². The van der Waals surface area contributed by atoms with Crippen LogP contribution >= 0.6 is 0 Å². The van der Waals surface area contributed by atoms with Crippen molar-refractivity contribution in [3.63, 3.8) is 0 Å². The van der Waals surface area contributed by atoms with Crippen LogP contribution in [0.25, 0.3) is 0 Å². The number of piperidine rings is 1. The predicted octanol–water partition coefficient (Wildman–Crippen LogP) is 7.09. The SMILES string of the molecule is CC(C)CCC[C@@H](C)[C@H]1CC[C@H]2[C@@H]3[C@H](OC4CC4)C[C@H]4N(C)C(=O)CC[C@]4(C)[C@H]3CC[C@]12C. The molecule has 9 atom stereocenters. The van der Waals surface area contributed by atoms with Gasteiger partial charge in [-0.15, -0.1) is 0 Å². The summed E-state index contributed by atoms with van der Waals surface area (Å²) in [5, 5.41) is 0. The summed E-state index contributed by atoms with van der Waals surface area (Å²) in [4.78, 5) is 14.8. The van der Waals surface area contributed by atoms with Crippen molar-refractivity contribution in [3.05, 3.63) is 0 Å². The molecule has 33 heavy (non-hydrogen) atoms. The second-order valence-corrected chi connectivity index (χ2v) is 14.0. The number of rotatable bonds is 7. The fourth-order valence-electron chi connectivity index (χ4n) is 9.68. The van der Waals surface area contributed by atoms with Gasteiger partial charge in [-0.05, 0) is 97.7 Å². The molecule has 0 unspecified atom stereocenters. The maximum absolute atomic E-state index is 12.7. The summed E-state index contributed by atoms with van der Waals surface area (Å²) in [6.45, 7) is 12.5. The van der Waals surface area contributed by atoms with Crippen LogP contribution in [0.4, 0.5) is 0 Å².